The maximum absolute atomic E-state index is 5.67. The van der Waals surface area contributed by atoms with Crippen LogP contribution in [0.5, 0.6) is 0 Å². The van der Waals surface area contributed by atoms with Gasteiger partial charge in [0.05, 0.1) is 0 Å². The molecule has 2 aliphatic rings. The van der Waals surface area contributed by atoms with Gasteiger partial charge in [-0.25, -0.2) is 0 Å². The van der Waals surface area contributed by atoms with E-state index in [1.54, 1.807) is 0 Å². The standard InChI is InChI=1S/C8H15NO/c1-2-10-8-4-3-7(5-8)6-9-8/h7,9H,2-6H2,1H3. The molecular formula is C8H15NO. The highest BCUT2D eigenvalue weighted by molar-refractivity contribution is 4.96. The lowest BCUT2D eigenvalue weighted by atomic mass is 10.1. The molecule has 10 heavy (non-hydrogen) atoms. The smallest absolute Gasteiger partial charge is 0.119 e. The fraction of sp³-hybridized carbons (Fsp3) is 1.00. The van der Waals surface area contributed by atoms with E-state index in [1.807, 2.05) is 0 Å². The summed E-state index contributed by atoms with van der Waals surface area (Å²) in [7, 11) is 0. The van der Waals surface area contributed by atoms with E-state index in [0.29, 0.717) is 0 Å². The lowest BCUT2D eigenvalue weighted by Crippen LogP contribution is -2.42. The lowest BCUT2D eigenvalue weighted by molar-refractivity contribution is -0.0483. The summed E-state index contributed by atoms with van der Waals surface area (Å²) in [6, 6.07) is 0. The molecule has 2 rings (SSSR count). The Labute approximate surface area is 61.9 Å². The summed E-state index contributed by atoms with van der Waals surface area (Å²) >= 11 is 0. The number of hydrogen-bond donors (Lipinski definition) is 1. The summed E-state index contributed by atoms with van der Waals surface area (Å²) in [5.41, 5.74) is 0.111. The average Bonchev–Trinajstić information content (AvgIpc) is 2.46. The Morgan fingerprint density at radius 3 is 3.00 bits per heavy atom. The number of rotatable bonds is 2. The van der Waals surface area contributed by atoms with E-state index in [0.717, 1.165) is 12.5 Å². The van der Waals surface area contributed by atoms with Gasteiger partial charge in [-0.2, -0.15) is 0 Å². The van der Waals surface area contributed by atoms with Gasteiger partial charge in [-0.1, -0.05) is 0 Å². The second kappa shape index (κ2) is 2.21. The molecule has 1 aliphatic carbocycles. The van der Waals surface area contributed by atoms with Crippen molar-refractivity contribution in [2.75, 3.05) is 13.2 Å². The van der Waals surface area contributed by atoms with Crippen molar-refractivity contribution in [3.63, 3.8) is 0 Å². The van der Waals surface area contributed by atoms with Gasteiger partial charge in [0, 0.05) is 13.2 Å². The van der Waals surface area contributed by atoms with Crippen LogP contribution in [0.1, 0.15) is 26.2 Å². The molecule has 2 heteroatoms. The monoisotopic (exact) mass is 141 g/mol. The zero-order valence-corrected chi connectivity index (χ0v) is 6.52. The highest BCUT2D eigenvalue weighted by Gasteiger charge is 2.45. The van der Waals surface area contributed by atoms with E-state index < -0.39 is 0 Å². The fourth-order valence-corrected chi connectivity index (χ4v) is 2.23. The van der Waals surface area contributed by atoms with Gasteiger partial charge < -0.3 is 4.74 Å². The van der Waals surface area contributed by atoms with Crippen LogP contribution in [0.15, 0.2) is 0 Å². The minimum Gasteiger partial charge on any atom is -0.361 e. The van der Waals surface area contributed by atoms with E-state index >= 15 is 0 Å². The Morgan fingerprint density at radius 1 is 1.70 bits per heavy atom. The summed E-state index contributed by atoms with van der Waals surface area (Å²) in [6.45, 7) is 4.10. The Balaban J connectivity index is 2.01. The number of ether oxygens (including phenoxy) is 1. The van der Waals surface area contributed by atoms with E-state index in [2.05, 4.69) is 12.2 Å². The first kappa shape index (κ1) is 6.62. The van der Waals surface area contributed by atoms with Gasteiger partial charge >= 0.3 is 0 Å². The van der Waals surface area contributed by atoms with Gasteiger partial charge in [0.15, 0.2) is 0 Å². The highest BCUT2D eigenvalue weighted by Crippen LogP contribution is 2.40. The van der Waals surface area contributed by atoms with Gasteiger partial charge in [0.25, 0.3) is 0 Å². The van der Waals surface area contributed by atoms with Crippen molar-refractivity contribution in [1.29, 1.82) is 0 Å². The largest absolute Gasteiger partial charge is 0.361 e. The Morgan fingerprint density at radius 2 is 2.60 bits per heavy atom. The van der Waals surface area contributed by atoms with E-state index in [9.17, 15) is 0 Å². The summed E-state index contributed by atoms with van der Waals surface area (Å²) < 4.78 is 5.67. The molecule has 0 aromatic heterocycles. The van der Waals surface area contributed by atoms with Crippen molar-refractivity contribution in [2.45, 2.75) is 31.9 Å². The zero-order chi connectivity index (χ0) is 7.03. The maximum Gasteiger partial charge on any atom is 0.119 e. The van der Waals surface area contributed by atoms with Crippen molar-refractivity contribution >= 4 is 0 Å². The predicted octanol–water partition coefficient (Wildman–Crippen LogP) is 1.12. The molecule has 0 radical (unpaired) electrons. The Bertz CT molecular complexity index is 127. The normalized spacial score (nSPS) is 44.7. The molecular weight excluding hydrogens is 126 g/mol. The molecule has 1 saturated carbocycles. The number of nitrogens with one attached hydrogen (secondary N) is 1. The topological polar surface area (TPSA) is 21.3 Å². The summed E-state index contributed by atoms with van der Waals surface area (Å²) in [6.07, 6.45) is 3.85. The quantitative estimate of drug-likeness (QED) is 0.622. The molecule has 0 amide bonds. The van der Waals surface area contributed by atoms with Crippen molar-refractivity contribution in [3.8, 4) is 0 Å². The van der Waals surface area contributed by atoms with Crippen LogP contribution in [-0.4, -0.2) is 18.9 Å². The fourth-order valence-electron chi connectivity index (χ4n) is 2.23. The second-order valence-corrected chi connectivity index (χ2v) is 3.42. The molecule has 2 nitrogen and oxygen atoms in total. The first-order chi connectivity index (χ1) is 4.85. The first-order valence-corrected chi connectivity index (χ1v) is 4.24. The third-order valence-corrected chi connectivity index (χ3v) is 2.71. The number of fused-ring (bicyclic) bond motifs is 2. The van der Waals surface area contributed by atoms with Gasteiger partial charge in [0.2, 0.25) is 0 Å². The van der Waals surface area contributed by atoms with Gasteiger partial charge in [-0.3, -0.25) is 5.32 Å². The molecule has 2 bridgehead atoms. The van der Waals surface area contributed by atoms with Gasteiger partial charge in [-0.15, -0.1) is 0 Å². The molecule has 0 aromatic carbocycles. The van der Waals surface area contributed by atoms with Gasteiger partial charge in [0.1, 0.15) is 5.72 Å². The van der Waals surface area contributed by atoms with E-state index in [4.69, 9.17) is 4.74 Å². The second-order valence-electron chi connectivity index (χ2n) is 3.42. The average molecular weight is 141 g/mol. The van der Waals surface area contributed by atoms with Crippen LogP contribution in [0.2, 0.25) is 0 Å². The van der Waals surface area contributed by atoms with Crippen LogP contribution in [-0.2, 0) is 4.74 Å². The summed E-state index contributed by atoms with van der Waals surface area (Å²) in [5, 5.41) is 3.45. The molecule has 1 N–H and O–H groups in total. The van der Waals surface area contributed by atoms with Gasteiger partial charge in [-0.05, 0) is 32.1 Å². The lowest BCUT2D eigenvalue weighted by Gasteiger charge is -2.27. The molecule has 2 atom stereocenters. The highest BCUT2D eigenvalue weighted by atomic mass is 16.5. The van der Waals surface area contributed by atoms with E-state index in [-0.39, 0.29) is 5.72 Å². The van der Waals surface area contributed by atoms with Crippen molar-refractivity contribution in [3.05, 3.63) is 0 Å². The summed E-state index contributed by atoms with van der Waals surface area (Å²) in [5.74, 6) is 0.909. The van der Waals surface area contributed by atoms with Crippen LogP contribution < -0.4 is 5.32 Å². The molecule has 1 aliphatic heterocycles. The summed E-state index contributed by atoms with van der Waals surface area (Å²) in [4.78, 5) is 0. The van der Waals surface area contributed by atoms with Crippen LogP contribution in [0, 0.1) is 5.92 Å². The zero-order valence-electron chi connectivity index (χ0n) is 6.52. The number of hydrogen-bond acceptors (Lipinski definition) is 2. The van der Waals surface area contributed by atoms with Crippen LogP contribution >= 0.6 is 0 Å². The molecule has 0 spiro atoms. The Kier molecular flexibility index (Phi) is 1.46. The molecule has 1 saturated heterocycles. The predicted molar refractivity (Wildman–Crippen MR) is 39.7 cm³/mol. The van der Waals surface area contributed by atoms with Crippen LogP contribution in [0.3, 0.4) is 0 Å². The van der Waals surface area contributed by atoms with E-state index in [1.165, 1.54) is 25.8 Å². The molecule has 1 heterocycles. The molecule has 0 aromatic rings. The third-order valence-electron chi connectivity index (χ3n) is 2.71. The number of piperidine rings is 1. The third kappa shape index (κ3) is 0.867. The SMILES string of the molecule is CCOC12CCC(CN1)C2. The first-order valence-electron chi connectivity index (χ1n) is 4.24. The maximum atomic E-state index is 5.67. The van der Waals surface area contributed by atoms with Crippen molar-refractivity contribution < 1.29 is 4.74 Å². The van der Waals surface area contributed by atoms with Crippen LogP contribution in [0.4, 0.5) is 0 Å². The van der Waals surface area contributed by atoms with Crippen molar-refractivity contribution in [1.82, 2.24) is 5.32 Å². The minimum atomic E-state index is 0.111. The Hall–Kier alpha value is -0.0800. The van der Waals surface area contributed by atoms with Crippen molar-refractivity contribution in [2.24, 2.45) is 5.92 Å². The van der Waals surface area contributed by atoms with Crippen LogP contribution in [0.25, 0.3) is 0 Å². The molecule has 58 valence electrons. The minimum absolute atomic E-state index is 0.111. The molecule has 2 fully saturated rings. The molecule has 2 unspecified atom stereocenters.